The third-order valence-electron chi connectivity index (χ3n) is 5.14. The fourth-order valence-corrected chi connectivity index (χ4v) is 5.16. The molecule has 2 aromatic carbocycles. The molecule has 1 aliphatic heterocycles. The Morgan fingerprint density at radius 2 is 1.83 bits per heavy atom. The molecule has 29 heavy (non-hydrogen) atoms. The monoisotopic (exact) mass is 416 g/mol. The number of hydrogen-bond acceptors (Lipinski definition) is 4. The molecule has 1 aliphatic rings. The highest BCUT2D eigenvalue weighted by molar-refractivity contribution is 7.89. The van der Waals surface area contributed by atoms with Crippen LogP contribution in [0.5, 0.6) is 5.75 Å². The summed E-state index contributed by atoms with van der Waals surface area (Å²) in [6, 6.07) is 16.2. The van der Waals surface area contributed by atoms with E-state index in [4.69, 9.17) is 4.74 Å². The summed E-state index contributed by atoms with van der Waals surface area (Å²) in [5.74, 6) is 0.302. The second-order valence-corrected chi connectivity index (χ2v) is 9.22. The minimum atomic E-state index is -3.64. The maximum Gasteiger partial charge on any atom is 0.243 e. The van der Waals surface area contributed by atoms with Crippen molar-refractivity contribution in [3.05, 3.63) is 60.2 Å². The Bertz CT molecular complexity index is 914. The maximum absolute atomic E-state index is 13.0. The predicted molar refractivity (Wildman–Crippen MR) is 112 cm³/mol. The van der Waals surface area contributed by atoms with Gasteiger partial charge in [-0.2, -0.15) is 4.31 Å². The first-order valence-corrected chi connectivity index (χ1v) is 11.4. The van der Waals surface area contributed by atoms with Gasteiger partial charge in [-0.15, -0.1) is 0 Å². The van der Waals surface area contributed by atoms with Crippen LogP contribution in [0.4, 0.5) is 0 Å². The van der Waals surface area contributed by atoms with Crippen LogP contribution in [0.25, 0.3) is 0 Å². The summed E-state index contributed by atoms with van der Waals surface area (Å²) in [6.45, 7) is 3.57. The van der Waals surface area contributed by atoms with E-state index in [1.807, 2.05) is 37.3 Å². The van der Waals surface area contributed by atoms with Gasteiger partial charge >= 0.3 is 0 Å². The lowest BCUT2D eigenvalue weighted by molar-refractivity contribution is -0.135. The highest BCUT2D eigenvalue weighted by atomic mass is 32.2. The number of piperidine rings is 1. The highest BCUT2D eigenvalue weighted by Gasteiger charge is 2.34. The van der Waals surface area contributed by atoms with Gasteiger partial charge in [-0.25, -0.2) is 8.42 Å². The van der Waals surface area contributed by atoms with Crippen LogP contribution in [0.3, 0.4) is 0 Å². The fraction of sp³-hybridized carbons (Fsp3) is 0.409. The number of carbonyl (C=O) groups excluding carboxylic acids is 1. The van der Waals surface area contributed by atoms with Gasteiger partial charge in [0.15, 0.2) is 0 Å². The zero-order chi connectivity index (χ0) is 20.9. The van der Waals surface area contributed by atoms with Crippen molar-refractivity contribution < 1.29 is 17.9 Å². The molecule has 2 aromatic rings. The third kappa shape index (κ3) is 5.16. The van der Waals surface area contributed by atoms with Crippen LogP contribution >= 0.6 is 0 Å². The van der Waals surface area contributed by atoms with Crippen molar-refractivity contribution in [3.8, 4) is 5.75 Å². The van der Waals surface area contributed by atoms with Gasteiger partial charge in [0.1, 0.15) is 5.75 Å². The summed E-state index contributed by atoms with van der Waals surface area (Å²) in [5, 5.41) is 0. The molecular weight excluding hydrogens is 388 g/mol. The molecule has 0 aromatic heterocycles. The van der Waals surface area contributed by atoms with E-state index in [0.717, 1.165) is 5.56 Å². The van der Waals surface area contributed by atoms with Gasteiger partial charge in [0.05, 0.1) is 17.4 Å². The topological polar surface area (TPSA) is 66.9 Å². The number of nitrogens with zero attached hydrogens (tertiary/aromatic N) is 2. The lowest BCUT2D eigenvalue weighted by Gasteiger charge is -2.33. The van der Waals surface area contributed by atoms with E-state index in [1.165, 1.54) is 4.31 Å². The van der Waals surface area contributed by atoms with E-state index >= 15 is 0 Å². The number of hydrogen-bond donors (Lipinski definition) is 0. The van der Waals surface area contributed by atoms with Crippen LogP contribution in [0, 0.1) is 5.92 Å². The Balaban J connectivity index is 1.68. The Morgan fingerprint density at radius 1 is 1.14 bits per heavy atom. The van der Waals surface area contributed by atoms with Gasteiger partial charge in [0.2, 0.25) is 15.9 Å². The summed E-state index contributed by atoms with van der Waals surface area (Å²) in [6.07, 6.45) is 1.37. The summed E-state index contributed by atoms with van der Waals surface area (Å²) in [5.41, 5.74) is 1.05. The smallest absolute Gasteiger partial charge is 0.243 e. The Morgan fingerprint density at radius 3 is 2.48 bits per heavy atom. The number of benzene rings is 2. The molecule has 1 heterocycles. The van der Waals surface area contributed by atoms with E-state index in [2.05, 4.69) is 0 Å². The standard InChI is InChI=1S/C22H28N2O4S/c1-3-28-20-11-13-21(14-12-20)29(26,27)24-15-7-10-19(17-24)22(25)23(2)16-18-8-5-4-6-9-18/h4-6,8-9,11-14,19H,3,7,10,15-17H2,1-2H3/t19-/m1/s1. The van der Waals surface area contributed by atoms with E-state index in [9.17, 15) is 13.2 Å². The van der Waals surface area contributed by atoms with E-state index in [-0.39, 0.29) is 23.3 Å². The largest absolute Gasteiger partial charge is 0.494 e. The number of carbonyl (C=O) groups is 1. The minimum Gasteiger partial charge on any atom is -0.494 e. The molecule has 0 bridgehead atoms. The SMILES string of the molecule is CCOc1ccc(S(=O)(=O)N2CCC[C@@H](C(=O)N(C)Cc3ccccc3)C2)cc1. The van der Waals surface area contributed by atoms with E-state index in [0.29, 0.717) is 38.3 Å². The van der Waals surface area contributed by atoms with E-state index < -0.39 is 10.0 Å². The van der Waals surface area contributed by atoms with Crippen molar-refractivity contribution in [2.24, 2.45) is 5.92 Å². The maximum atomic E-state index is 13.0. The molecule has 3 rings (SSSR count). The average molecular weight is 417 g/mol. The van der Waals surface area contributed by atoms with Crippen molar-refractivity contribution in [1.82, 2.24) is 9.21 Å². The normalized spacial score (nSPS) is 17.7. The molecule has 0 spiro atoms. The molecule has 1 amide bonds. The second-order valence-electron chi connectivity index (χ2n) is 7.29. The van der Waals surface area contributed by atoms with Crippen molar-refractivity contribution in [2.45, 2.75) is 31.2 Å². The zero-order valence-corrected chi connectivity index (χ0v) is 17.8. The van der Waals surface area contributed by atoms with E-state index in [1.54, 1.807) is 36.2 Å². The molecule has 0 N–H and O–H groups in total. The molecule has 0 radical (unpaired) electrons. The number of ether oxygens (including phenoxy) is 1. The molecule has 1 fully saturated rings. The summed E-state index contributed by atoms with van der Waals surface area (Å²) >= 11 is 0. The fourth-order valence-electron chi connectivity index (χ4n) is 3.63. The second kappa shape index (κ2) is 9.41. The number of amides is 1. The molecule has 7 heteroatoms. The Hall–Kier alpha value is -2.38. The molecule has 156 valence electrons. The van der Waals surface area contributed by atoms with Gasteiger partial charge in [0, 0.05) is 26.7 Å². The van der Waals surface area contributed by atoms with Crippen molar-refractivity contribution in [3.63, 3.8) is 0 Å². The first-order chi connectivity index (χ1) is 13.9. The average Bonchev–Trinajstić information content (AvgIpc) is 2.74. The van der Waals surface area contributed by atoms with Crippen molar-refractivity contribution >= 4 is 15.9 Å². The quantitative estimate of drug-likeness (QED) is 0.695. The molecule has 1 atom stereocenters. The summed E-state index contributed by atoms with van der Waals surface area (Å²) in [7, 11) is -1.86. The number of sulfonamides is 1. The Labute approximate surface area is 173 Å². The molecule has 1 saturated heterocycles. The van der Waals surface area contributed by atoms with Crippen molar-refractivity contribution in [2.75, 3.05) is 26.7 Å². The van der Waals surface area contributed by atoms with Crippen LogP contribution in [-0.2, 0) is 21.4 Å². The number of rotatable bonds is 7. The lowest BCUT2D eigenvalue weighted by Crippen LogP contribution is -2.45. The lowest BCUT2D eigenvalue weighted by atomic mass is 9.98. The van der Waals surface area contributed by atoms with Crippen LogP contribution in [0.1, 0.15) is 25.3 Å². The van der Waals surface area contributed by atoms with Gasteiger partial charge in [0.25, 0.3) is 0 Å². The van der Waals surface area contributed by atoms with Crippen LogP contribution in [-0.4, -0.2) is 50.3 Å². The van der Waals surface area contributed by atoms with Gasteiger partial charge in [-0.3, -0.25) is 4.79 Å². The van der Waals surface area contributed by atoms with Crippen molar-refractivity contribution in [1.29, 1.82) is 0 Å². The van der Waals surface area contributed by atoms with Gasteiger partial charge < -0.3 is 9.64 Å². The molecular formula is C22H28N2O4S. The highest BCUT2D eigenvalue weighted by Crippen LogP contribution is 2.26. The third-order valence-corrected chi connectivity index (χ3v) is 7.02. The summed E-state index contributed by atoms with van der Waals surface area (Å²) < 4.78 is 32.9. The van der Waals surface area contributed by atoms with Crippen LogP contribution in [0.15, 0.2) is 59.5 Å². The van der Waals surface area contributed by atoms with Crippen LogP contribution < -0.4 is 4.74 Å². The van der Waals surface area contributed by atoms with Gasteiger partial charge in [-0.05, 0) is 49.6 Å². The molecule has 0 aliphatic carbocycles. The molecule has 6 nitrogen and oxygen atoms in total. The molecule has 0 unspecified atom stereocenters. The Kier molecular flexibility index (Phi) is 6.92. The predicted octanol–water partition coefficient (Wildman–Crippen LogP) is 3.14. The minimum absolute atomic E-state index is 0.0135. The van der Waals surface area contributed by atoms with Gasteiger partial charge in [-0.1, -0.05) is 30.3 Å². The first-order valence-electron chi connectivity index (χ1n) is 9.93. The molecule has 0 saturated carbocycles. The summed E-state index contributed by atoms with van der Waals surface area (Å²) in [4.78, 5) is 14.8. The van der Waals surface area contributed by atoms with Crippen LogP contribution in [0.2, 0.25) is 0 Å². The zero-order valence-electron chi connectivity index (χ0n) is 17.0. The first kappa shape index (κ1) is 21.3.